The van der Waals surface area contributed by atoms with Gasteiger partial charge in [-0.3, -0.25) is 0 Å². The van der Waals surface area contributed by atoms with E-state index in [4.69, 9.17) is 4.74 Å². The number of hydrogen-bond donors (Lipinski definition) is 1. The van der Waals surface area contributed by atoms with Crippen LogP contribution in [-0.2, 0) is 20.5 Å². The molecule has 0 aliphatic carbocycles. The molecule has 2 aliphatic heterocycles. The fourth-order valence-corrected chi connectivity index (χ4v) is 4.48. The van der Waals surface area contributed by atoms with Crippen LogP contribution < -0.4 is 0 Å². The molecule has 0 bridgehead atoms. The number of carboxylic acids is 1. The number of likely N-dealkylation sites (tertiary alicyclic amines) is 1. The Morgan fingerprint density at radius 1 is 1.12 bits per heavy atom. The van der Waals surface area contributed by atoms with E-state index in [1.54, 1.807) is 18.9 Å². The summed E-state index contributed by atoms with van der Waals surface area (Å²) in [5.41, 5.74) is 0.601. The molecule has 0 amide bonds. The second-order valence-corrected chi connectivity index (χ2v) is 8.07. The highest BCUT2D eigenvalue weighted by Gasteiger charge is 2.40. The lowest BCUT2D eigenvalue weighted by Crippen LogP contribution is -2.35. The van der Waals surface area contributed by atoms with Crippen LogP contribution in [0.1, 0.15) is 43.2 Å². The third-order valence-electron chi connectivity index (χ3n) is 6.26. The predicted molar refractivity (Wildman–Crippen MR) is 112 cm³/mol. The average Bonchev–Trinajstić information content (AvgIpc) is 3.26. The van der Waals surface area contributed by atoms with Gasteiger partial charge in [-0.1, -0.05) is 12.1 Å². The molecule has 1 unspecified atom stereocenters. The summed E-state index contributed by atoms with van der Waals surface area (Å²) >= 11 is 0. The molecule has 0 saturated carbocycles. The van der Waals surface area contributed by atoms with Gasteiger partial charge in [-0.05, 0) is 50.6 Å². The minimum atomic E-state index is -4.52. The number of ether oxygens (including phenoxy) is 1. The van der Waals surface area contributed by atoms with E-state index in [9.17, 15) is 27.9 Å². The number of rotatable bonds is 6. The van der Waals surface area contributed by atoms with Crippen LogP contribution in [0.3, 0.4) is 0 Å². The molecule has 0 radical (unpaired) electrons. The van der Waals surface area contributed by atoms with Gasteiger partial charge in [0.2, 0.25) is 0 Å². The zero-order chi connectivity index (χ0) is 23.6. The van der Waals surface area contributed by atoms with Gasteiger partial charge in [0, 0.05) is 31.4 Å². The van der Waals surface area contributed by atoms with Gasteiger partial charge in [-0.25, -0.2) is 9.59 Å². The van der Waals surface area contributed by atoms with E-state index in [1.165, 1.54) is 19.2 Å². The molecule has 3 rings (SSSR count). The summed E-state index contributed by atoms with van der Waals surface area (Å²) in [5.74, 6) is -2.96. The summed E-state index contributed by atoms with van der Waals surface area (Å²) in [4.78, 5) is 29.0. The summed E-state index contributed by atoms with van der Waals surface area (Å²) in [7, 11) is 2.89. The van der Waals surface area contributed by atoms with Crippen LogP contribution in [0, 0.1) is 0 Å². The van der Waals surface area contributed by atoms with Gasteiger partial charge in [0.25, 0.3) is 0 Å². The maximum Gasteiger partial charge on any atom is 0.416 e. The monoisotopic (exact) mass is 452 g/mol. The molecule has 6 nitrogen and oxygen atoms in total. The average molecular weight is 452 g/mol. The number of methoxy groups -OCH3 is 1. The summed E-state index contributed by atoms with van der Waals surface area (Å²) < 4.78 is 44.1. The molecule has 1 aromatic rings. The first-order valence-corrected chi connectivity index (χ1v) is 10.4. The Labute approximate surface area is 184 Å². The van der Waals surface area contributed by atoms with E-state index >= 15 is 0 Å². The molecular formula is C23H27F3N2O4. The normalized spacial score (nSPS) is 20.2. The maximum absolute atomic E-state index is 13.1. The number of carbonyl (C=O) groups is 2. The number of hydrogen-bond acceptors (Lipinski definition) is 5. The van der Waals surface area contributed by atoms with Gasteiger partial charge in [0.15, 0.2) is 0 Å². The van der Waals surface area contributed by atoms with Gasteiger partial charge in [0.05, 0.1) is 29.7 Å². The van der Waals surface area contributed by atoms with Crippen molar-refractivity contribution in [2.75, 3.05) is 33.8 Å². The number of esters is 1. The van der Waals surface area contributed by atoms with Crippen molar-refractivity contribution in [3.05, 3.63) is 57.9 Å². The van der Waals surface area contributed by atoms with Crippen molar-refractivity contribution in [1.29, 1.82) is 0 Å². The second kappa shape index (κ2) is 9.36. The fraction of sp³-hybridized carbons (Fsp3) is 0.478. The van der Waals surface area contributed by atoms with Crippen molar-refractivity contribution in [1.82, 2.24) is 9.80 Å². The predicted octanol–water partition coefficient (Wildman–Crippen LogP) is 4.01. The van der Waals surface area contributed by atoms with Crippen LogP contribution in [0.25, 0.3) is 0 Å². The van der Waals surface area contributed by atoms with Gasteiger partial charge < -0.3 is 19.6 Å². The molecule has 32 heavy (non-hydrogen) atoms. The Hall–Kier alpha value is -2.81. The van der Waals surface area contributed by atoms with Crippen molar-refractivity contribution in [2.24, 2.45) is 0 Å². The van der Waals surface area contributed by atoms with E-state index in [0.717, 1.165) is 38.1 Å². The fourth-order valence-electron chi connectivity index (χ4n) is 4.48. The number of carboxylic acid groups (broad SMARTS) is 1. The number of alkyl halides is 3. The van der Waals surface area contributed by atoms with Crippen molar-refractivity contribution in [2.45, 2.75) is 38.3 Å². The topological polar surface area (TPSA) is 70.1 Å². The summed E-state index contributed by atoms with van der Waals surface area (Å²) in [6, 6.07) is 4.27. The standard InChI is InChI=1S/C23H27F3N2O4/c1-14-18(22(31)32-3)19(15-6-8-16(9-7-15)23(24,25)26)20(21(29)30)17(27(14)2)10-13-28-11-4-5-12-28/h6-9,19H,4-5,10-13H2,1-3H3,(H,29,30). The van der Waals surface area contributed by atoms with Gasteiger partial charge >= 0.3 is 18.1 Å². The largest absolute Gasteiger partial charge is 0.478 e. The van der Waals surface area contributed by atoms with Gasteiger partial charge in [-0.2, -0.15) is 13.2 Å². The lowest BCUT2D eigenvalue weighted by atomic mass is 9.79. The van der Waals surface area contributed by atoms with Gasteiger partial charge in [-0.15, -0.1) is 0 Å². The highest BCUT2D eigenvalue weighted by Crippen LogP contribution is 2.43. The van der Waals surface area contributed by atoms with Crippen LogP contribution in [0.15, 0.2) is 46.8 Å². The summed E-state index contributed by atoms with van der Waals surface area (Å²) in [5, 5.41) is 10.1. The zero-order valence-electron chi connectivity index (χ0n) is 18.3. The number of nitrogens with zero attached hydrogens (tertiary/aromatic N) is 2. The molecule has 1 fully saturated rings. The molecule has 0 spiro atoms. The van der Waals surface area contributed by atoms with Crippen LogP contribution in [0.5, 0.6) is 0 Å². The van der Waals surface area contributed by atoms with E-state index in [-0.39, 0.29) is 11.1 Å². The van der Waals surface area contributed by atoms with Crippen LogP contribution in [0.2, 0.25) is 0 Å². The van der Waals surface area contributed by atoms with E-state index in [0.29, 0.717) is 29.9 Å². The third kappa shape index (κ3) is 4.67. The van der Waals surface area contributed by atoms with Crippen molar-refractivity contribution in [3.63, 3.8) is 0 Å². The van der Waals surface area contributed by atoms with Crippen molar-refractivity contribution in [3.8, 4) is 0 Å². The smallest absolute Gasteiger partial charge is 0.416 e. The summed E-state index contributed by atoms with van der Waals surface area (Å²) in [6.45, 7) is 4.25. The lowest BCUT2D eigenvalue weighted by Gasteiger charge is -2.37. The zero-order valence-corrected chi connectivity index (χ0v) is 18.3. The number of benzene rings is 1. The first kappa shape index (κ1) is 23.8. The molecule has 9 heteroatoms. The number of carbonyl (C=O) groups excluding carboxylic acids is 1. The molecule has 1 saturated heterocycles. The van der Waals surface area contributed by atoms with E-state index in [1.807, 2.05) is 0 Å². The Kier molecular flexibility index (Phi) is 6.97. The number of halogens is 3. The first-order valence-electron chi connectivity index (χ1n) is 10.4. The first-order chi connectivity index (χ1) is 15.1. The molecule has 2 heterocycles. The molecule has 1 N–H and O–H groups in total. The Morgan fingerprint density at radius 2 is 1.72 bits per heavy atom. The van der Waals surface area contributed by atoms with E-state index < -0.39 is 29.6 Å². The Morgan fingerprint density at radius 3 is 2.22 bits per heavy atom. The highest BCUT2D eigenvalue weighted by molar-refractivity contribution is 5.99. The molecule has 174 valence electrons. The van der Waals surface area contributed by atoms with Gasteiger partial charge in [0.1, 0.15) is 0 Å². The van der Waals surface area contributed by atoms with E-state index in [2.05, 4.69) is 4.90 Å². The molecule has 0 aromatic heterocycles. The molecular weight excluding hydrogens is 425 g/mol. The highest BCUT2D eigenvalue weighted by atomic mass is 19.4. The quantitative estimate of drug-likeness (QED) is 0.658. The summed E-state index contributed by atoms with van der Waals surface area (Å²) in [6.07, 6.45) is -1.88. The minimum absolute atomic E-state index is 0.0162. The SMILES string of the molecule is COC(=O)C1=C(C)N(C)C(CCN2CCCC2)=C(C(=O)O)C1c1ccc(C(F)(F)F)cc1. The lowest BCUT2D eigenvalue weighted by molar-refractivity contribution is -0.138. The van der Waals surface area contributed by atoms with Crippen LogP contribution in [0.4, 0.5) is 13.2 Å². The van der Waals surface area contributed by atoms with Crippen LogP contribution in [-0.4, -0.2) is 60.6 Å². The Balaban J connectivity index is 2.11. The minimum Gasteiger partial charge on any atom is -0.478 e. The van der Waals surface area contributed by atoms with Crippen molar-refractivity contribution >= 4 is 11.9 Å². The molecule has 1 atom stereocenters. The van der Waals surface area contributed by atoms with Crippen molar-refractivity contribution < 1.29 is 32.6 Å². The third-order valence-corrected chi connectivity index (χ3v) is 6.26. The Bertz CT molecular complexity index is 945. The second-order valence-electron chi connectivity index (χ2n) is 8.07. The molecule has 1 aromatic carbocycles. The number of allylic oxidation sites excluding steroid dienone is 1. The molecule has 2 aliphatic rings. The number of aliphatic carboxylic acids is 1. The van der Waals surface area contributed by atoms with Crippen LogP contribution >= 0.6 is 0 Å². The maximum atomic E-state index is 13.1.